The van der Waals surface area contributed by atoms with Crippen molar-refractivity contribution in [2.24, 2.45) is 0 Å². The summed E-state index contributed by atoms with van der Waals surface area (Å²) in [5, 5.41) is 5.38. The average molecular weight is 278 g/mol. The largest absolute Gasteiger partial charge is 0.301 e. The van der Waals surface area contributed by atoms with Crippen LogP contribution in [-0.4, -0.2) is 16.6 Å². The number of anilines is 1. The van der Waals surface area contributed by atoms with Crippen LogP contribution in [0.1, 0.15) is 11.3 Å². The van der Waals surface area contributed by atoms with Gasteiger partial charge in [-0.15, -0.1) is 23.1 Å². The van der Waals surface area contributed by atoms with Gasteiger partial charge in [0.25, 0.3) is 0 Å². The molecule has 1 amide bonds. The quantitative estimate of drug-likeness (QED) is 0.870. The van der Waals surface area contributed by atoms with E-state index in [9.17, 15) is 4.79 Å². The molecule has 1 N–H and O–H groups in total. The smallest absolute Gasteiger partial charge is 0.236 e. The van der Waals surface area contributed by atoms with E-state index >= 15 is 0 Å². The van der Waals surface area contributed by atoms with Gasteiger partial charge >= 0.3 is 0 Å². The number of thioether (sulfide) groups is 1. The molecule has 1 aromatic carbocycles. The molecule has 0 aliphatic rings. The van der Waals surface area contributed by atoms with E-state index in [0.717, 1.165) is 10.6 Å². The van der Waals surface area contributed by atoms with Crippen molar-refractivity contribution in [1.82, 2.24) is 4.98 Å². The first-order chi connectivity index (χ1) is 8.63. The zero-order valence-electron chi connectivity index (χ0n) is 10.3. The van der Waals surface area contributed by atoms with Crippen LogP contribution in [-0.2, 0) is 4.79 Å². The maximum Gasteiger partial charge on any atom is 0.236 e. The van der Waals surface area contributed by atoms with Gasteiger partial charge in [0.2, 0.25) is 5.91 Å². The first-order valence-electron chi connectivity index (χ1n) is 5.55. The highest BCUT2D eigenvalue weighted by Crippen LogP contribution is 2.19. The Hall–Kier alpha value is -1.33. The number of rotatable bonds is 4. The fourth-order valence-corrected chi connectivity index (χ4v) is 2.75. The molecule has 0 unspecified atom stereocenters. The van der Waals surface area contributed by atoms with Gasteiger partial charge in [0, 0.05) is 10.3 Å². The first-order valence-corrected chi connectivity index (χ1v) is 7.41. The molecule has 0 aliphatic heterocycles. The van der Waals surface area contributed by atoms with Crippen molar-refractivity contribution in [3.05, 3.63) is 40.9 Å². The van der Waals surface area contributed by atoms with E-state index in [1.807, 2.05) is 43.5 Å². The highest BCUT2D eigenvalue weighted by atomic mass is 32.2. The van der Waals surface area contributed by atoms with Crippen molar-refractivity contribution in [2.75, 3.05) is 11.1 Å². The van der Waals surface area contributed by atoms with Gasteiger partial charge in [0.1, 0.15) is 0 Å². The van der Waals surface area contributed by atoms with E-state index in [1.54, 1.807) is 0 Å². The van der Waals surface area contributed by atoms with Crippen LogP contribution < -0.4 is 5.32 Å². The SMILES string of the molecule is Cc1ccc(SCC(=O)Nc2nc(C)cs2)cc1. The van der Waals surface area contributed by atoms with Crippen LogP contribution in [0.4, 0.5) is 5.13 Å². The van der Waals surface area contributed by atoms with E-state index in [0.29, 0.717) is 10.9 Å². The van der Waals surface area contributed by atoms with Gasteiger partial charge in [-0.1, -0.05) is 17.7 Å². The predicted octanol–water partition coefficient (Wildman–Crippen LogP) is 3.49. The summed E-state index contributed by atoms with van der Waals surface area (Å²) in [7, 11) is 0. The van der Waals surface area contributed by atoms with Crippen LogP contribution >= 0.6 is 23.1 Å². The number of carbonyl (C=O) groups is 1. The summed E-state index contributed by atoms with van der Waals surface area (Å²) in [6.45, 7) is 3.96. The van der Waals surface area contributed by atoms with Crippen molar-refractivity contribution < 1.29 is 4.79 Å². The normalized spacial score (nSPS) is 10.3. The summed E-state index contributed by atoms with van der Waals surface area (Å²) >= 11 is 2.98. The zero-order valence-corrected chi connectivity index (χ0v) is 11.9. The van der Waals surface area contributed by atoms with Crippen LogP contribution in [0.5, 0.6) is 0 Å². The van der Waals surface area contributed by atoms with Crippen molar-refractivity contribution in [3.63, 3.8) is 0 Å². The van der Waals surface area contributed by atoms with E-state index in [-0.39, 0.29) is 5.91 Å². The lowest BCUT2D eigenvalue weighted by molar-refractivity contribution is -0.113. The van der Waals surface area contributed by atoms with Crippen molar-refractivity contribution in [3.8, 4) is 0 Å². The van der Waals surface area contributed by atoms with Crippen LogP contribution in [0.2, 0.25) is 0 Å². The third-order valence-electron chi connectivity index (χ3n) is 2.26. The lowest BCUT2D eigenvalue weighted by atomic mass is 10.2. The Bertz CT molecular complexity index is 534. The summed E-state index contributed by atoms with van der Waals surface area (Å²) in [6, 6.07) is 8.15. The van der Waals surface area contributed by atoms with E-state index < -0.39 is 0 Å². The molecule has 5 heteroatoms. The number of aryl methyl sites for hydroxylation is 2. The van der Waals surface area contributed by atoms with Crippen LogP contribution in [0.25, 0.3) is 0 Å². The Morgan fingerprint density at radius 2 is 2.06 bits per heavy atom. The molecule has 0 bridgehead atoms. The molecule has 94 valence electrons. The fraction of sp³-hybridized carbons (Fsp3) is 0.231. The molecular weight excluding hydrogens is 264 g/mol. The summed E-state index contributed by atoms with van der Waals surface area (Å²) < 4.78 is 0. The fourth-order valence-electron chi connectivity index (χ4n) is 1.35. The second-order valence-electron chi connectivity index (χ2n) is 3.94. The number of carbonyl (C=O) groups excluding carboxylic acids is 1. The Kier molecular flexibility index (Phi) is 4.38. The standard InChI is InChI=1S/C13H14N2OS2/c1-9-3-5-11(6-4-9)17-8-12(16)15-13-14-10(2)7-18-13/h3-7H,8H2,1-2H3,(H,14,15,16). The molecule has 0 fully saturated rings. The van der Waals surface area contributed by atoms with E-state index in [4.69, 9.17) is 0 Å². The number of hydrogen-bond acceptors (Lipinski definition) is 4. The minimum atomic E-state index is -0.0186. The Balaban J connectivity index is 1.83. The Morgan fingerprint density at radius 3 is 2.67 bits per heavy atom. The van der Waals surface area contributed by atoms with Crippen molar-refractivity contribution in [2.45, 2.75) is 18.7 Å². The van der Waals surface area contributed by atoms with Gasteiger partial charge < -0.3 is 5.32 Å². The Morgan fingerprint density at radius 1 is 1.33 bits per heavy atom. The summed E-state index contributed by atoms with van der Waals surface area (Å²) in [5.74, 6) is 0.386. The number of benzene rings is 1. The number of nitrogens with one attached hydrogen (secondary N) is 1. The summed E-state index contributed by atoms with van der Waals surface area (Å²) in [4.78, 5) is 17.0. The van der Waals surface area contributed by atoms with Crippen LogP contribution in [0.3, 0.4) is 0 Å². The second-order valence-corrected chi connectivity index (χ2v) is 5.85. The molecule has 0 spiro atoms. The number of hydrogen-bond donors (Lipinski definition) is 1. The minimum Gasteiger partial charge on any atom is -0.301 e. The Labute approximate surface area is 115 Å². The molecular formula is C13H14N2OS2. The molecule has 1 heterocycles. The number of aromatic nitrogens is 1. The van der Waals surface area contributed by atoms with Crippen molar-refractivity contribution in [1.29, 1.82) is 0 Å². The third kappa shape index (κ3) is 3.85. The van der Waals surface area contributed by atoms with E-state index in [2.05, 4.69) is 10.3 Å². The van der Waals surface area contributed by atoms with E-state index in [1.165, 1.54) is 28.7 Å². The molecule has 3 nitrogen and oxygen atoms in total. The summed E-state index contributed by atoms with van der Waals surface area (Å²) in [6.07, 6.45) is 0. The molecule has 0 saturated heterocycles. The van der Waals surface area contributed by atoms with Gasteiger partial charge in [-0.3, -0.25) is 4.79 Å². The molecule has 2 aromatic rings. The summed E-state index contributed by atoms with van der Waals surface area (Å²) in [5.41, 5.74) is 2.16. The lowest BCUT2D eigenvalue weighted by Gasteiger charge is -2.02. The van der Waals surface area contributed by atoms with Crippen molar-refractivity contribution >= 4 is 34.1 Å². The molecule has 0 saturated carbocycles. The topological polar surface area (TPSA) is 42.0 Å². The van der Waals surface area contributed by atoms with Gasteiger partial charge in [0.15, 0.2) is 5.13 Å². The van der Waals surface area contributed by atoms with Gasteiger partial charge in [-0.05, 0) is 26.0 Å². The van der Waals surface area contributed by atoms with Crippen LogP contribution in [0, 0.1) is 13.8 Å². The highest BCUT2D eigenvalue weighted by Gasteiger charge is 2.05. The maximum atomic E-state index is 11.7. The van der Waals surface area contributed by atoms with Gasteiger partial charge in [-0.2, -0.15) is 0 Å². The molecule has 1 aromatic heterocycles. The minimum absolute atomic E-state index is 0.0186. The average Bonchev–Trinajstić information content (AvgIpc) is 2.74. The lowest BCUT2D eigenvalue weighted by Crippen LogP contribution is -2.13. The molecule has 0 atom stereocenters. The number of nitrogens with zero attached hydrogens (tertiary/aromatic N) is 1. The third-order valence-corrected chi connectivity index (χ3v) is 4.14. The molecule has 2 rings (SSSR count). The molecule has 0 radical (unpaired) electrons. The first kappa shape index (κ1) is 13.1. The number of amides is 1. The van der Waals surface area contributed by atoms with Crippen LogP contribution in [0.15, 0.2) is 34.5 Å². The predicted molar refractivity (Wildman–Crippen MR) is 77.4 cm³/mol. The second kappa shape index (κ2) is 6.02. The molecule has 18 heavy (non-hydrogen) atoms. The van der Waals surface area contributed by atoms with Gasteiger partial charge in [-0.25, -0.2) is 4.98 Å². The zero-order chi connectivity index (χ0) is 13.0. The number of thiazole rings is 1. The molecule has 0 aliphatic carbocycles. The maximum absolute atomic E-state index is 11.7. The highest BCUT2D eigenvalue weighted by molar-refractivity contribution is 8.00. The monoisotopic (exact) mass is 278 g/mol. The van der Waals surface area contributed by atoms with Gasteiger partial charge in [0.05, 0.1) is 11.4 Å².